The molecule has 17 heavy (non-hydrogen) atoms. The van der Waals surface area contributed by atoms with Crippen molar-refractivity contribution in [2.75, 3.05) is 19.6 Å². The average molecular weight is 240 g/mol. The number of hydrogen-bond acceptors (Lipinski definition) is 3. The molecule has 3 unspecified atom stereocenters. The predicted octanol–water partition coefficient (Wildman–Crippen LogP) is 1.17. The van der Waals surface area contributed by atoms with Crippen LogP contribution in [0.3, 0.4) is 0 Å². The summed E-state index contributed by atoms with van der Waals surface area (Å²) in [5.41, 5.74) is -0.131. The minimum Gasteiger partial charge on any atom is -0.481 e. The van der Waals surface area contributed by atoms with E-state index in [4.69, 9.17) is 5.11 Å². The van der Waals surface area contributed by atoms with E-state index in [0.29, 0.717) is 17.9 Å². The molecule has 2 rings (SSSR count). The summed E-state index contributed by atoms with van der Waals surface area (Å²) in [4.78, 5) is 13.5. The van der Waals surface area contributed by atoms with Crippen molar-refractivity contribution in [2.45, 2.75) is 45.2 Å². The van der Waals surface area contributed by atoms with E-state index in [0.717, 1.165) is 19.6 Å². The number of likely N-dealkylation sites (tertiary alicyclic amines) is 1. The molecule has 2 aliphatic heterocycles. The van der Waals surface area contributed by atoms with E-state index in [1.165, 1.54) is 6.42 Å². The van der Waals surface area contributed by atoms with Crippen LogP contribution >= 0.6 is 0 Å². The molecule has 2 N–H and O–H groups in total. The molecule has 4 heteroatoms. The molecule has 0 aromatic rings. The smallest absolute Gasteiger partial charge is 0.305 e. The monoisotopic (exact) mass is 240 g/mol. The fourth-order valence-electron chi connectivity index (χ4n) is 3.47. The molecule has 3 atom stereocenters. The van der Waals surface area contributed by atoms with Gasteiger partial charge in [0.2, 0.25) is 0 Å². The third-order valence-electron chi connectivity index (χ3n) is 4.60. The third kappa shape index (κ3) is 2.33. The van der Waals surface area contributed by atoms with Crippen LogP contribution in [0.5, 0.6) is 0 Å². The molecule has 0 amide bonds. The first-order valence-corrected chi connectivity index (χ1v) is 6.64. The van der Waals surface area contributed by atoms with Gasteiger partial charge >= 0.3 is 5.97 Å². The average Bonchev–Trinajstić information content (AvgIpc) is 2.17. The van der Waals surface area contributed by atoms with Gasteiger partial charge in [0.25, 0.3) is 0 Å². The number of hydrogen-bond donors (Lipinski definition) is 2. The van der Waals surface area contributed by atoms with E-state index >= 15 is 0 Å². The first kappa shape index (κ1) is 12.8. The van der Waals surface area contributed by atoms with Crippen LogP contribution in [0, 0.1) is 11.8 Å². The highest BCUT2D eigenvalue weighted by atomic mass is 16.4. The Balaban J connectivity index is 2.15. The summed E-state index contributed by atoms with van der Waals surface area (Å²) in [6.45, 7) is 9.49. The summed E-state index contributed by atoms with van der Waals surface area (Å²) in [6.07, 6.45) is 1.53. The zero-order valence-electron chi connectivity index (χ0n) is 11.1. The SMILES string of the molecule is CC1CC(C)C(C)N(C2(CC(=O)O)CNC2)C1. The molecule has 0 aromatic carbocycles. The summed E-state index contributed by atoms with van der Waals surface area (Å²) in [6, 6.07) is 0.493. The van der Waals surface area contributed by atoms with Gasteiger partial charge in [0.05, 0.1) is 12.0 Å². The molecule has 0 spiro atoms. The molecule has 98 valence electrons. The number of carboxylic acid groups (broad SMARTS) is 1. The fourth-order valence-corrected chi connectivity index (χ4v) is 3.47. The number of carboxylic acids is 1. The normalized spacial score (nSPS) is 37.5. The molecule has 4 nitrogen and oxygen atoms in total. The predicted molar refractivity (Wildman–Crippen MR) is 67.0 cm³/mol. The Bertz CT molecular complexity index is 302. The quantitative estimate of drug-likeness (QED) is 0.777. The molecule has 0 aliphatic carbocycles. The maximum absolute atomic E-state index is 11.1. The summed E-state index contributed by atoms with van der Waals surface area (Å²) in [5.74, 6) is 0.655. The summed E-state index contributed by atoms with van der Waals surface area (Å²) < 4.78 is 0. The van der Waals surface area contributed by atoms with Gasteiger partial charge in [-0.2, -0.15) is 0 Å². The molecule has 2 fully saturated rings. The van der Waals surface area contributed by atoms with Gasteiger partial charge in [-0.3, -0.25) is 9.69 Å². The molecule has 2 heterocycles. The van der Waals surface area contributed by atoms with Gasteiger partial charge in [-0.25, -0.2) is 0 Å². The van der Waals surface area contributed by atoms with Gasteiger partial charge in [-0.1, -0.05) is 13.8 Å². The van der Waals surface area contributed by atoms with Crippen LogP contribution in [-0.4, -0.2) is 47.2 Å². The Labute approximate surface area is 103 Å². The lowest BCUT2D eigenvalue weighted by atomic mass is 9.78. The molecule has 2 saturated heterocycles. The summed E-state index contributed by atoms with van der Waals surface area (Å²) in [7, 11) is 0. The van der Waals surface area contributed by atoms with Crippen molar-refractivity contribution in [2.24, 2.45) is 11.8 Å². The minimum absolute atomic E-state index is 0.131. The second kappa shape index (κ2) is 4.58. The number of piperidine rings is 1. The van der Waals surface area contributed by atoms with Crippen LogP contribution in [0.4, 0.5) is 0 Å². The lowest BCUT2D eigenvalue weighted by molar-refractivity contribution is -0.144. The van der Waals surface area contributed by atoms with Crippen molar-refractivity contribution >= 4 is 5.97 Å². The van der Waals surface area contributed by atoms with Crippen molar-refractivity contribution < 1.29 is 9.90 Å². The second-order valence-electron chi connectivity index (χ2n) is 6.11. The highest BCUT2D eigenvalue weighted by molar-refractivity contribution is 5.69. The van der Waals surface area contributed by atoms with E-state index in [9.17, 15) is 4.79 Å². The maximum atomic E-state index is 11.1. The summed E-state index contributed by atoms with van der Waals surface area (Å²) in [5, 5.41) is 12.4. The van der Waals surface area contributed by atoms with Crippen molar-refractivity contribution in [3.05, 3.63) is 0 Å². The van der Waals surface area contributed by atoms with Crippen LogP contribution in [-0.2, 0) is 4.79 Å². The first-order valence-electron chi connectivity index (χ1n) is 6.64. The van der Waals surface area contributed by atoms with Crippen LogP contribution in [0.25, 0.3) is 0 Å². The molecule has 0 radical (unpaired) electrons. The van der Waals surface area contributed by atoms with E-state index in [1.54, 1.807) is 0 Å². The zero-order chi connectivity index (χ0) is 12.6. The third-order valence-corrected chi connectivity index (χ3v) is 4.60. The van der Waals surface area contributed by atoms with E-state index in [-0.39, 0.29) is 12.0 Å². The van der Waals surface area contributed by atoms with Gasteiger partial charge in [0.1, 0.15) is 0 Å². The molecule has 2 aliphatic rings. The van der Waals surface area contributed by atoms with E-state index < -0.39 is 5.97 Å². The topological polar surface area (TPSA) is 52.6 Å². The molecule has 0 aromatic heterocycles. The second-order valence-corrected chi connectivity index (χ2v) is 6.11. The number of aliphatic carboxylic acids is 1. The van der Waals surface area contributed by atoms with Gasteiger partial charge in [0, 0.05) is 25.7 Å². The molecular formula is C13H24N2O2. The number of rotatable bonds is 3. The van der Waals surface area contributed by atoms with Crippen molar-refractivity contribution in [3.8, 4) is 0 Å². The van der Waals surface area contributed by atoms with Gasteiger partial charge in [0.15, 0.2) is 0 Å². The lowest BCUT2D eigenvalue weighted by Crippen LogP contribution is -2.73. The van der Waals surface area contributed by atoms with Gasteiger partial charge in [-0.05, 0) is 25.2 Å². The standard InChI is InChI=1S/C13H24N2O2/c1-9-4-10(2)11(3)15(6-9)13(5-12(16)17)7-14-8-13/h9-11,14H,4-8H2,1-3H3,(H,16,17). The van der Waals surface area contributed by atoms with Crippen molar-refractivity contribution in [3.63, 3.8) is 0 Å². The minimum atomic E-state index is -0.676. The molecule has 0 bridgehead atoms. The number of nitrogens with zero attached hydrogens (tertiary/aromatic N) is 1. The molecular weight excluding hydrogens is 216 g/mol. The Morgan fingerprint density at radius 3 is 2.53 bits per heavy atom. The number of nitrogens with one attached hydrogen (secondary N) is 1. The van der Waals surface area contributed by atoms with Gasteiger partial charge < -0.3 is 10.4 Å². The highest BCUT2D eigenvalue weighted by Crippen LogP contribution is 2.36. The van der Waals surface area contributed by atoms with Crippen LogP contribution in [0.15, 0.2) is 0 Å². The molecule has 0 saturated carbocycles. The van der Waals surface area contributed by atoms with Crippen LogP contribution in [0.2, 0.25) is 0 Å². The Hall–Kier alpha value is -0.610. The number of carbonyl (C=O) groups is 1. The highest BCUT2D eigenvalue weighted by Gasteiger charge is 2.48. The summed E-state index contributed by atoms with van der Waals surface area (Å²) >= 11 is 0. The maximum Gasteiger partial charge on any atom is 0.305 e. The van der Waals surface area contributed by atoms with E-state index in [2.05, 4.69) is 31.0 Å². The Morgan fingerprint density at radius 1 is 1.41 bits per heavy atom. The largest absolute Gasteiger partial charge is 0.481 e. The van der Waals surface area contributed by atoms with Crippen LogP contribution in [0.1, 0.15) is 33.6 Å². The fraction of sp³-hybridized carbons (Fsp3) is 0.923. The van der Waals surface area contributed by atoms with Gasteiger partial charge in [-0.15, -0.1) is 0 Å². The first-order chi connectivity index (χ1) is 7.94. The van der Waals surface area contributed by atoms with Crippen LogP contribution < -0.4 is 5.32 Å². The Morgan fingerprint density at radius 2 is 2.06 bits per heavy atom. The zero-order valence-corrected chi connectivity index (χ0v) is 11.1. The Kier molecular flexibility index (Phi) is 3.46. The van der Waals surface area contributed by atoms with Crippen molar-refractivity contribution in [1.82, 2.24) is 10.2 Å². The van der Waals surface area contributed by atoms with Crippen molar-refractivity contribution in [1.29, 1.82) is 0 Å². The van der Waals surface area contributed by atoms with E-state index in [1.807, 2.05) is 0 Å². The lowest BCUT2D eigenvalue weighted by Gasteiger charge is -2.56.